The predicted molar refractivity (Wildman–Crippen MR) is 104 cm³/mol. The summed E-state index contributed by atoms with van der Waals surface area (Å²) in [7, 11) is -4.85. The lowest BCUT2D eigenvalue weighted by atomic mass is 10.0. The molecule has 1 aliphatic heterocycles. The van der Waals surface area contributed by atoms with Crippen molar-refractivity contribution in [1.82, 2.24) is 4.98 Å². The third kappa shape index (κ3) is 2.55. The molecule has 3 aromatic rings. The van der Waals surface area contributed by atoms with Gasteiger partial charge in [0.25, 0.3) is 0 Å². The average molecular weight is 366 g/mol. The molecule has 0 unspecified atom stereocenters. The largest absolute Gasteiger partial charge is 0.256 e. The van der Waals surface area contributed by atoms with Gasteiger partial charge in [0.15, 0.2) is 0 Å². The molecule has 1 aliphatic rings. The fourth-order valence-corrected chi connectivity index (χ4v) is 5.92. The SMILES string of the molecule is C[Si](C)(C)c1ccc(-c2ccc3c(c2)S(=O)(=O)c2ccccc2-3)nc1. The molecule has 3 nitrogen and oxygen atoms in total. The van der Waals surface area contributed by atoms with Crippen LogP contribution in [0.2, 0.25) is 19.6 Å². The van der Waals surface area contributed by atoms with Crippen molar-refractivity contribution >= 4 is 23.1 Å². The average Bonchev–Trinajstić information content (AvgIpc) is 2.82. The summed E-state index contributed by atoms with van der Waals surface area (Å²) in [4.78, 5) is 5.35. The summed E-state index contributed by atoms with van der Waals surface area (Å²) in [5.41, 5.74) is 3.19. The van der Waals surface area contributed by atoms with E-state index in [0.717, 1.165) is 22.4 Å². The Hall–Kier alpha value is -2.24. The van der Waals surface area contributed by atoms with E-state index in [4.69, 9.17) is 0 Å². The Bertz CT molecular complexity index is 1080. The molecule has 0 saturated carbocycles. The lowest BCUT2D eigenvalue weighted by Gasteiger charge is -2.16. The van der Waals surface area contributed by atoms with Gasteiger partial charge in [-0.15, -0.1) is 0 Å². The molecule has 2 heterocycles. The highest BCUT2D eigenvalue weighted by molar-refractivity contribution is 7.92. The van der Waals surface area contributed by atoms with Gasteiger partial charge in [-0.3, -0.25) is 4.98 Å². The van der Waals surface area contributed by atoms with Crippen LogP contribution in [0, 0.1) is 0 Å². The first kappa shape index (κ1) is 16.2. The number of hydrogen-bond acceptors (Lipinski definition) is 3. The van der Waals surface area contributed by atoms with E-state index in [1.807, 2.05) is 36.5 Å². The molecule has 0 saturated heterocycles. The zero-order valence-corrected chi connectivity index (χ0v) is 16.3. The van der Waals surface area contributed by atoms with Crippen LogP contribution in [-0.2, 0) is 9.84 Å². The number of nitrogens with zero attached hydrogens (tertiary/aromatic N) is 1. The van der Waals surface area contributed by atoms with E-state index in [1.165, 1.54) is 5.19 Å². The molecule has 0 amide bonds. The van der Waals surface area contributed by atoms with Gasteiger partial charge in [-0.25, -0.2) is 8.42 Å². The molecule has 1 aromatic heterocycles. The summed E-state index contributed by atoms with van der Waals surface area (Å²) in [5.74, 6) is 0. The van der Waals surface area contributed by atoms with E-state index in [9.17, 15) is 8.42 Å². The molecular weight excluding hydrogens is 346 g/mol. The Labute approximate surface area is 149 Å². The van der Waals surface area contributed by atoms with Gasteiger partial charge in [0, 0.05) is 22.9 Å². The van der Waals surface area contributed by atoms with Crippen LogP contribution in [0.3, 0.4) is 0 Å². The molecule has 5 heteroatoms. The van der Waals surface area contributed by atoms with E-state index >= 15 is 0 Å². The first-order valence-corrected chi connectivity index (χ1v) is 13.2. The number of aromatic nitrogens is 1. The summed E-state index contributed by atoms with van der Waals surface area (Å²) < 4.78 is 25.7. The fraction of sp³-hybridized carbons (Fsp3) is 0.150. The molecule has 0 bridgehead atoms. The zero-order valence-electron chi connectivity index (χ0n) is 14.4. The summed E-state index contributed by atoms with van der Waals surface area (Å²) in [6.45, 7) is 6.84. The van der Waals surface area contributed by atoms with Crippen LogP contribution in [0.1, 0.15) is 0 Å². The predicted octanol–water partition coefficient (Wildman–Crippen LogP) is 4.11. The molecule has 0 radical (unpaired) electrons. The van der Waals surface area contributed by atoms with E-state index in [1.54, 1.807) is 18.2 Å². The fourth-order valence-electron chi connectivity index (χ4n) is 3.18. The van der Waals surface area contributed by atoms with Crippen LogP contribution in [0.5, 0.6) is 0 Å². The second-order valence-electron chi connectivity index (χ2n) is 7.39. The van der Waals surface area contributed by atoms with Crippen LogP contribution in [-0.4, -0.2) is 21.5 Å². The quantitative estimate of drug-likeness (QED) is 0.502. The summed E-state index contributed by atoms with van der Waals surface area (Å²) in [6.07, 6.45) is 1.93. The second-order valence-corrected chi connectivity index (χ2v) is 14.4. The Morgan fingerprint density at radius 3 is 2.24 bits per heavy atom. The van der Waals surface area contributed by atoms with Crippen molar-refractivity contribution in [1.29, 1.82) is 0 Å². The van der Waals surface area contributed by atoms with E-state index < -0.39 is 17.9 Å². The highest BCUT2D eigenvalue weighted by atomic mass is 32.2. The topological polar surface area (TPSA) is 47.0 Å². The van der Waals surface area contributed by atoms with Crippen molar-refractivity contribution in [2.45, 2.75) is 29.4 Å². The maximum Gasteiger partial charge on any atom is 0.207 e. The molecule has 25 heavy (non-hydrogen) atoms. The van der Waals surface area contributed by atoms with Crippen molar-refractivity contribution in [2.75, 3.05) is 0 Å². The number of sulfone groups is 1. The van der Waals surface area contributed by atoms with Gasteiger partial charge in [-0.05, 0) is 23.4 Å². The minimum absolute atomic E-state index is 0.377. The van der Waals surface area contributed by atoms with Gasteiger partial charge in [-0.1, -0.05) is 56.0 Å². The first-order valence-electron chi connectivity index (χ1n) is 8.24. The number of fused-ring (bicyclic) bond motifs is 3. The van der Waals surface area contributed by atoms with Crippen LogP contribution in [0.15, 0.2) is 70.6 Å². The summed E-state index contributed by atoms with van der Waals surface area (Å²) in [6, 6.07) is 16.9. The Morgan fingerprint density at radius 1 is 0.840 bits per heavy atom. The van der Waals surface area contributed by atoms with Gasteiger partial charge >= 0.3 is 0 Å². The van der Waals surface area contributed by atoms with Gasteiger partial charge in [0.05, 0.1) is 23.6 Å². The van der Waals surface area contributed by atoms with E-state index in [0.29, 0.717) is 9.79 Å². The third-order valence-corrected chi connectivity index (χ3v) is 8.54. The molecule has 126 valence electrons. The van der Waals surface area contributed by atoms with Gasteiger partial charge in [0.1, 0.15) is 0 Å². The highest BCUT2D eigenvalue weighted by Crippen LogP contribution is 2.44. The van der Waals surface area contributed by atoms with Crippen molar-refractivity contribution in [3.63, 3.8) is 0 Å². The number of rotatable bonds is 2. The highest BCUT2D eigenvalue weighted by Gasteiger charge is 2.32. The molecule has 0 atom stereocenters. The number of benzene rings is 2. The standard InChI is InChI=1S/C20H19NO2SSi/c1-25(2,3)15-9-11-18(21-13-15)14-8-10-17-16-6-4-5-7-19(16)24(22,23)20(17)12-14/h4-13H,1-3H3. The smallest absolute Gasteiger partial charge is 0.207 e. The summed E-state index contributed by atoms with van der Waals surface area (Å²) in [5, 5.41) is 1.29. The minimum Gasteiger partial charge on any atom is -0.256 e. The Morgan fingerprint density at radius 2 is 1.56 bits per heavy atom. The molecular formula is C20H19NO2SSi. The molecule has 0 fully saturated rings. The minimum atomic E-state index is -3.45. The number of hydrogen-bond donors (Lipinski definition) is 0. The monoisotopic (exact) mass is 365 g/mol. The molecule has 0 N–H and O–H groups in total. The third-order valence-electron chi connectivity index (χ3n) is 4.66. The maximum atomic E-state index is 12.8. The Kier molecular flexibility index (Phi) is 3.49. The van der Waals surface area contributed by atoms with Crippen molar-refractivity contribution in [2.24, 2.45) is 0 Å². The van der Waals surface area contributed by atoms with E-state index in [2.05, 4.69) is 30.7 Å². The zero-order chi connectivity index (χ0) is 17.8. The Balaban J connectivity index is 1.83. The lowest BCUT2D eigenvalue weighted by molar-refractivity contribution is 0.598. The lowest BCUT2D eigenvalue weighted by Crippen LogP contribution is -2.37. The van der Waals surface area contributed by atoms with Gasteiger partial charge < -0.3 is 0 Å². The van der Waals surface area contributed by atoms with Crippen molar-refractivity contribution < 1.29 is 8.42 Å². The molecule has 0 spiro atoms. The van der Waals surface area contributed by atoms with E-state index in [-0.39, 0.29) is 0 Å². The molecule has 0 aliphatic carbocycles. The van der Waals surface area contributed by atoms with Crippen LogP contribution in [0.4, 0.5) is 0 Å². The van der Waals surface area contributed by atoms with Gasteiger partial charge in [0.2, 0.25) is 9.84 Å². The van der Waals surface area contributed by atoms with Crippen molar-refractivity contribution in [3.05, 3.63) is 60.8 Å². The second kappa shape index (κ2) is 5.38. The van der Waals surface area contributed by atoms with Crippen LogP contribution < -0.4 is 5.19 Å². The number of pyridine rings is 1. The normalized spacial score (nSPS) is 14.8. The van der Waals surface area contributed by atoms with Crippen LogP contribution in [0.25, 0.3) is 22.4 Å². The van der Waals surface area contributed by atoms with Gasteiger partial charge in [-0.2, -0.15) is 0 Å². The summed E-state index contributed by atoms with van der Waals surface area (Å²) >= 11 is 0. The maximum absolute atomic E-state index is 12.8. The first-order chi connectivity index (χ1) is 11.8. The molecule has 2 aromatic carbocycles. The van der Waals surface area contributed by atoms with Crippen LogP contribution >= 0.6 is 0 Å². The van der Waals surface area contributed by atoms with Crippen molar-refractivity contribution in [3.8, 4) is 22.4 Å². The molecule has 4 rings (SSSR count).